The Labute approximate surface area is 144 Å². The molecule has 0 saturated heterocycles. The van der Waals surface area contributed by atoms with Gasteiger partial charge in [-0.15, -0.1) is 0 Å². The summed E-state index contributed by atoms with van der Waals surface area (Å²) in [7, 11) is 0. The van der Waals surface area contributed by atoms with Gasteiger partial charge in [0.1, 0.15) is 6.33 Å². The van der Waals surface area contributed by atoms with Gasteiger partial charge in [-0.3, -0.25) is 14.6 Å². The minimum atomic E-state index is -0.326. The van der Waals surface area contributed by atoms with Gasteiger partial charge in [-0.1, -0.05) is 17.7 Å². The molecule has 4 aromatic heterocycles. The first-order chi connectivity index (χ1) is 12.6. The normalized spacial score (nSPS) is 11.6. The lowest BCUT2D eigenvalue weighted by molar-refractivity contribution is 0.0950. The number of nitrogens with zero attached hydrogens (tertiary/aromatic N) is 6. The van der Waals surface area contributed by atoms with Crippen LogP contribution in [0.5, 0.6) is 0 Å². The van der Waals surface area contributed by atoms with Crippen LogP contribution < -0.4 is 5.56 Å². The monoisotopic (exact) mass is 345 g/mol. The molecule has 0 saturated carbocycles. The summed E-state index contributed by atoms with van der Waals surface area (Å²) in [6.45, 7) is 1.95. The van der Waals surface area contributed by atoms with Crippen LogP contribution in [0.4, 0.5) is 0 Å². The molecule has 5 aromatic rings. The highest BCUT2D eigenvalue weighted by atomic mass is 16.2. The molecule has 0 atom stereocenters. The lowest BCUT2D eigenvalue weighted by Crippen LogP contribution is -2.15. The van der Waals surface area contributed by atoms with Crippen LogP contribution in [0.1, 0.15) is 15.9 Å². The minimum Gasteiger partial charge on any atom is -0.290 e. The number of hydrogen-bond donors (Lipinski definition) is 1. The number of fused-ring (bicyclic) bond motifs is 5. The zero-order valence-electron chi connectivity index (χ0n) is 13.5. The van der Waals surface area contributed by atoms with Crippen LogP contribution in [0.15, 0.2) is 47.8 Å². The third-order valence-corrected chi connectivity index (χ3v) is 4.29. The Morgan fingerprint density at radius 3 is 2.65 bits per heavy atom. The predicted molar refractivity (Wildman–Crippen MR) is 93.1 cm³/mol. The summed E-state index contributed by atoms with van der Waals surface area (Å²) in [5.41, 5.74) is 2.09. The van der Waals surface area contributed by atoms with E-state index in [0.29, 0.717) is 33.3 Å². The Hall–Kier alpha value is -3.88. The van der Waals surface area contributed by atoms with E-state index in [4.69, 9.17) is 0 Å². The maximum absolute atomic E-state index is 12.8. The van der Waals surface area contributed by atoms with Crippen molar-refractivity contribution in [3.63, 3.8) is 0 Å². The minimum absolute atomic E-state index is 0.300. The Kier molecular flexibility index (Phi) is 2.81. The maximum Gasteiger partial charge on any atom is 0.280 e. The molecule has 9 heteroatoms. The number of H-pyrrole nitrogens is 1. The number of hydrogen-bond acceptors (Lipinski definition) is 6. The van der Waals surface area contributed by atoms with Crippen molar-refractivity contribution >= 4 is 33.6 Å². The Balaban J connectivity index is 1.82. The van der Waals surface area contributed by atoms with Crippen molar-refractivity contribution in [3.05, 3.63) is 64.5 Å². The second-order valence-corrected chi connectivity index (χ2v) is 5.93. The fraction of sp³-hybridized carbons (Fsp3) is 0.0588. The molecule has 5 rings (SSSR count). The molecule has 0 aliphatic heterocycles. The van der Waals surface area contributed by atoms with E-state index in [0.717, 1.165) is 5.56 Å². The summed E-state index contributed by atoms with van der Waals surface area (Å²) < 4.78 is 2.73. The average molecular weight is 345 g/mol. The standard InChI is InChI=1S/C17H11N7O2/c1-9-2-4-10(5-3-9)16(26)24-14-11(7-20-24)13-12(6-18-14)15(25)22-17-19-8-21-23(13)17/h2-8H,1H3,(H,19,21,22,25). The summed E-state index contributed by atoms with van der Waals surface area (Å²) in [5.74, 6) is 0.0131. The highest BCUT2D eigenvalue weighted by Crippen LogP contribution is 2.21. The largest absolute Gasteiger partial charge is 0.290 e. The number of pyridine rings is 1. The van der Waals surface area contributed by atoms with Crippen molar-refractivity contribution in [2.75, 3.05) is 0 Å². The van der Waals surface area contributed by atoms with Gasteiger partial charge in [0, 0.05) is 11.8 Å². The summed E-state index contributed by atoms with van der Waals surface area (Å²) in [4.78, 5) is 36.0. The van der Waals surface area contributed by atoms with Crippen LogP contribution in [0, 0.1) is 6.92 Å². The van der Waals surface area contributed by atoms with Crippen molar-refractivity contribution in [3.8, 4) is 0 Å². The zero-order chi connectivity index (χ0) is 17.8. The quantitative estimate of drug-likeness (QED) is 0.490. The Morgan fingerprint density at radius 2 is 1.85 bits per heavy atom. The molecule has 4 heterocycles. The van der Waals surface area contributed by atoms with E-state index in [-0.39, 0.29) is 11.5 Å². The predicted octanol–water partition coefficient (Wildman–Crippen LogP) is 1.31. The van der Waals surface area contributed by atoms with Gasteiger partial charge in [0.05, 0.1) is 22.5 Å². The molecule has 0 aliphatic rings. The van der Waals surface area contributed by atoms with Gasteiger partial charge in [0.25, 0.3) is 11.5 Å². The molecular weight excluding hydrogens is 334 g/mol. The number of aryl methyl sites for hydroxylation is 1. The molecule has 0 radical (unpaired) electrons. The number of benzene rings is 1. The fourth-order valence-corrected chi connectivity index (χ4v) is 2.99. The highest BCUT2D eigenvalue weighted by Gasteiger charge is 2.18. The SMILES string of the molecule is Cc1ccc(C(=O)n2ncc3c2ncc2c(=O)[nH]c4ncnn4c23)cc1. The second kappa shape index (κ2) is 5.06. The highest BCUT2D eigenvalue weighted by molar-refractivity contribution is 6.07. The van der Waals surface area contributed by atoms with E-state index in [1.807, 2.05) is 19.1 Å². The molecular formula is C17H11N7O2. The topological polar surface area (TPSA) is 111 Å². The van der Waals surface area contributed by atoms with Crippen LogP contribution in [0.3, 0.4) is 0 Å². The van der Waals surface area contributed by atoms with Gasteiger partial charge in [0.2, 0.25) is 5.78 Å². The molecule has 0 aliphatic carbocycles. The van der Waals surface area contributed by atoms with E-state index < -0.39 is 0 Å². The molecule has 0 unspecified atom stereocenters. The molecule has 1 N–H and O–H groups in total. The Bertz CT molecular complexity index is 1380. The maximum atomic E-state index is 12.8. The van der Waals surface area contributed by atoms with Gasteiger partial charge in [0.15, 0.2) is 5.65 Å². The van der Waals surface area contributed by atoms with Crippen LogP contribution in [-0.4, -0.2) is 40.3 Å². The van der Waals surface area contributed by atoms with Crippen LogP contribution in [0.25, 0.3) is 27.7 Å². The second-order valence-electron chi connectivity index (χ2n) is 5.93. The van der Waals surface area contributed by atoms with Crippen molar-refractivity contribution in [1.82, 2.24) is 34.3 Å². The van der Waals surface area contributed by atoms with Gasteiger partial charge >= 0.3 is 0 Å². The molecule has 0 fully saturated rings. The summed E-state index contributed by atoms with van der Waals surface area (Å²) in [5, 5.41) is 9.23. The van der Waals surface area contributed by atoms with Gasteiger partial charge < -0.3 is 0 Å². The molecule has 0 amide bonds. The first kappa shape index (κ1) is 14.5. The van der Waals surface area contributed by atoms with Crippen molar-refractivity contribution < 1.29 is 4.79 Å². The number of nitrogens with one attached hydrogen (secondary N) is 1. The number of carbonyl (C=O) groups is 1. The van der Waals surface area contributed by atoms with E-state index in [1.54, 1.807) is 12.1 Å². The lowest BCUT2D eigenvalue weighted by atomic mass is 10.1. The number of aromatic nitrogens is 7. The first-order valence-electron chi connectivity index (χ1n) is 7.83. The lowest BCUT2D eigenvalue weighted by Gasteiger charge is -2.04. The van der Waals surface area contributed by atoms with E-state index >= 15 is 0 Å². The summed E-state index contributed by atoms with van der Waals surface area (Å²) in [6.07, 6.45) is 4.27. The number of aromatic amines is 1. The van der Waals surface area contributed by atoms with E-state index in [1.165, 1.54) is 27.9 Å². The zero-order valence-corrected chi connectivity index (χ0v) is 13.5. The van der Waals surface area contributed by atoms with Crippen molar-refractivity contribution in [2.24, 2.45) is 0 Å². The van der Waals surface area contributed by atoms with Crippen LogP contribution in [-0.2, 0) is 0 Å². The molecule has 1 aromatic carbocycles. The van der Waals surface area contributed by atoms with Crippen molar-refractivity contribution in [1.29, 1.82) is 0 Å². The molecule has 0 spiro atoms. The van der Waals surface area contributed by atoms with Gasteiger partial charge in [-0.25, -0.2) is 4.98 Å². The first-order valence-corrected chi connectivity index (χ1v) is 7.83. The third kappa shape index (κ3) is 1.91. The van der Waals surface area contributed by atoms with Crippen LogP contribution >= 0.6 is 0 Å². The third-order valence-electron chi connectivity index (χ3n) is 4.29. The number of rotatable bonds is 1. The molecule has 126 valence electrons. The summed E-state index contributed by atoms with van der Waals surface area (Å²) in [6, 6.07) is 7.21. The van der Waals surface area contributed by atoms with Crippen molar-refractivity contribution in [2.45, 2.75) is 6.92 Å². The molecule has 26 heavy (non-hydrogen) atoms. The van der Waals surface area contributed by atoms with Gasteiger partial charge in [-0.2, -0.15) is 24.4 Å². The van der Waals surface area contributed by atoms with E-state index in [9.17, 15) is 9.59 Å². The fourth-order valence-electron chi connectivity index (χ4n) is 2.99. The van der Waals surface area contributed by atoms with Gasteiger partial charge in [-0.05, 0) is 19.1 Å². The van der Waals surface area contributed by atoms with E-state index in [2.05, 4.69) is 25.1 Å². The Morgan fingerprint density at radius 1 is 1.04 bits per heavy atom. The average Bonchev–Trinajstić information content (AvgIpc) is 3.28. The smallest absolute Gasteiger partial charge is 0.280 e. The van der Waals surface area contributed by atoms with Crippen LogP contribution in [0.2, 0.25) is 0 Å². The summed E-state index contributed by atoms with van der Waals surface area (Å²) >= 11 is 0. The number of carbonyl (C=O) groups excluding carboxylic acids is 1. The molecule has 0 bridgehead atoms. The molecule has 9 nitrogen and oxygen atoms in total.